The maximum atomic E-state index is 12.8. The van der Waals surface area contributed by atoms with Crippen LogP contribution in [0.4, 0.5) is 0 Å². The van der Waals surface area contributed by atoms with E-state index in [0.29, 0.717) is 24.5 Å². The van der Waals surface area contributed by atoms with Crippen LogP contribution in [0.5, 0.6) is 11.5 Å². The molecule has 0 N–H and O–H groups in total. The van der Waals surface area contributed by atoms with Gasteiger partial charge in [-0.3, -0.25) is 9.69 Å². The first kappa shape index (κ1) is 14.4. The van der Waals surface area contributed by atoms with Gasteiger partial charge in [0.1, 0.15) is 0 Å². The normalized spacial score (nSPS) is 23.6. The first-order chi connectivity index (χ1) is 10.1. The second kappa shape index (κ2) is 6.03. The van der Waals surface area contributed by atoms with Crippen LogP contribution in [0.2, 0.25) is 0 Å². The molecule has 0 aliphatic carbocycles. The van der Waals surface area contributed by atoms with Gasteiger partial charge in [-0.15, -0.1) is 0 Å². The number of piperazine rings is 1. The van der Waals surface area contributed by atoms with Crippen LogP contribution >= 0.6 is 0 Å². The number of Topliss-reactive ketones (excluding diaryl/α,β-unsaturated/α-hetero) is 1. The van der Waals surface area contributed by atoms with Crippen molar-refractivity contribution in [2.75, 3.05) is 46.9 Å². The van der Waals surface area contributed by atoms with Gasteiger partial charge < -0.3 is 14.4 Å². The molecule has 0 amide bonds. The van der Waals surface area contributed by atoms with Crippen LogP contribution in [0.3, 0.4) is 0 Å². The summed E-state index contributed by atoms with van der Waals surface area (Å²) in [6, 6.07) is 5.43. The fraction of sp³-hybridized carbons (Fsp3) is 0.562. The third-order valence-corrected chi connectivity index (χ3v) is 4.19. The maximum absolute atomic E-state index is 12.8. The van der Waals surface area contributed by atoms with Crippen LogP contribution in [0.25, 0.3) is 0 Å². The molecule has 1 aromatic carbocycles. The lowest BCUT2D eigenvalue weighted by Gasteiger charge is -2.36. The Balaban J connectivity index is 1.82. The monoisotopic (exact) mass is 290 g/mol. The van der Waals surface area contributed by atoms with Crippen molar-refractivity contribution in [3.05, 3.63) is 23.8 Å². The molecule has 3 rings (SSSR count). The summed E-state index contributed by atoms with van der Waals surface area (Å²) >= 11 is 0. The zero-order chi connectivity index (χ0) is 14.8. The van der Waals surface area contributed by atoms with E-state index in [1.165, 1.54) is 0 Å². The third kappa shape index (κ3) is 3.04. The van der Waals surface area contributed by atoms with Gasteiger partial charge in [-0.2, -0.15) is 0 Å². The summed E-state index contributed by atoms with van der Waals surface area (Å²) < 4.78 is 11.3. The quantitative estimate of drug-likeness (QED) is 0.768. The van der Waals surface area contributed by atoms with E-state index in [9.17, 15) is 4.79 Å². The molecule has 2 aliphatic heterocycles. The second-order valence-electron chi connectivity index (χ2n) is 5.83. The summed E-state index contributed by atoms with van der Waals surface area (Å²) in [4.78, 5) is 17.1. The molecule has 1 fully saturated rings. The highest BCUT2D eigenvalue weighted by molar-refractivity contribution is 6.00. The van der Waals surface area contributed by atoms with E-state index < -0.39 is 0 Å². The van der Waals surface area contributed by atoms with Crippen LogP contribution < -0.4 is 9.47 Å². The smallest absolute Gasteiger partial charge is 0.181 e. The number of hydrogen-bond donors (Lipinski definition) is 0. The highest BCUT2D eigenvalue weighted by Gasteiger charge is 2.29. The third-order valence-electron chi connectivity index (χ3n) is 4.19. The van der Waals surface area contributed by atoms with Crippen LogP contribution in [-0.4, -0.2) is 68.6 Å². The first-order valence-corrected chi connectivity index (χ1v) is 7.48. The fourth-order valence-electron chi connectivity index (χ4n) is 2.80. The number of fused-ring (bicyclic) bond motifs is 1. The minimum absolute atomic E-state index is 0.0894. The van der Waals surface area contributed by atoms with E-state index in [-0.39, 0.29) is 11.8 Å². The number of carbonyl (C=O) groups is 1. The predicted octanol–water partition coefficient (Wildman–Crippen LogP) is 1.28. The van der Waals surface area contributed by atoms with Gasteiger partial charge in [0, 0.05) is 31.6 Å². The average molecular weight is 290 g/mol. The molecule has 2 aliphatic rings. The fourth-order valence-corrected chi connectivity index (χ4v) is 2.80. The lowest BCUT2D eigenvalue weighted by molar-refractivity contribution is 0.0686. The van der Waals surface area contributed by atoms with Gasteiger partial charge in [0.25, 0.3) is 0 Å². The average Bonchev–Trinajstić information content (AvgIpc) is 2.73. The zero-order valence-corrected chi connectivity index (χ0v) is 12.7. The number of rotatable bonds is 2. The van der Waals surface area contributed by atoms with Crippen LogP contribution in [0.15, 0.2) is 18.2 Å². The molecule has 1 unspecified atom stereocenters. The number of nitrogens with zero attached hydrogens (tertiary/aromatic N) is 2. The van der Waals surface area contributed by atoms with Crippen molar-refractivity contribution in [2.24, 2.45) is 0 Å². The van der Waals surface area contributed by atoms with Crippen molar-refractivity contribution in [1.82, 2.24) is 9.80 Å². The molecule has 1 atom stereocenters. The van der Waals surface area contributed by atoms with E-state index >= 15 is 0 Å². The Morgan fingerprint density at radius 2 is 1.90 bits per heavy atom. The van der Waals surface area contributed by atoms with Crippen molar-refractivity contribution >= 4 is 5.78 Å². The van der Waals surface area contributed by atoms with Crippen LogP contribution in [0, 0.1) is 0 Å². The summed E-state index contributed by atoms with van der Waals surface area (Å²) in [6.45, 7) is 3.98. The van der Waals surface area contributed by atoms with Gasteiger partial charge in [0.2, 0.25) is 0 Å². The van der Waals surface area contributed by atoms with Crippen molar-refractivity contribution in [3.8, 4) is 11.5 Å². The Morgan fingerprint density at radius 3 is 2.71 bits per heavy atom. The molecule has 21 heavy (non-hydrogen) atoms. The van der Waals surface area contributed by atoms with Gasteiger partial charge in [-0.05, 0) is 32.3 Å². The molecule has 5 heteroatoms. The molecule has 5 nitrogen and oxygen atoms in total. The zero-order valence-electron chi connectivity index (χ0n) is 12.7. The molecule has 0 aromatic heterocycles. The van der Waals surface area contributed by atoms with E-state index in [0.717, 1.165) is 31.8 Å². The Bertz CT molecular complexity index is 532. The highest BCUT2D eigenvalue weighted by atomic mass is 16.5. The summed E-state index contributed by atoms with van der Waals surface area (Å²) in [7, 11) is 4.07. The van der Waals surface area contributed by atoms with Crippen LogP contribution in [0.1, 0.15) is 16.8 Å². The number of benzene rings is 1. The molecule has 2 heterocycles. The maximum Gasteiger partial charge on any atom is 0.181 e. The minimum atomic E-state index is -0.0894. The Morgan fingerprint density at radius 1 is 1.14 bits per heavy atom. The molecule has 0 radical (unpaired) electrons. The van der Waals surface area contributed by atoms with Crippen molar-refractivity contribution in [2.45, 2.75) is 12.5 Å². The molecular weight excluding hydrogens is 268 g/mol. The summed E-state index contributed by atoms with van der Waals surface area (Å²) in [6.07, 6.45) is 0.869. The van der Waals surface area contributed by atoms with Gasteiger partial charge in [0.15, 0.2) is 17.3 Å². The molecular formula is C16H22N2O3. The minimum Gasteiger partial charge on any atom is -0.490 e. The lowest BCUT2D eigenvalue weighted by atomic mass is 10.0. The summed E-state index contributed by atoms with van der Waals surface area (Å²) in [5.41, 5.74) is 0.700. The number of ether oxygens (including phenoxy) is 2. The SMILES string of the molecule is CN1CCN(C)C(C(=O)c2ccc3c(c2)OCCCO3)C1. The Hall–Kier alpha value is -1.59. The first-order valence-electron chi connectivity index (χ1n) is 7.48. The number of carbonyl (C=O) groups excluding carboxylic acids is 1. The molecule has 1 aromatic rings. The van der Waals surface area contributed by atoms with E-state index in [2.05, 4.69) is 16.8 Å². The lowest BCUT2D eigenvalue weighted by Crippen LogP contribution is -2.53. The molecule has 0 spiro atoms. The van der Waals surface area contributed by atoms with Crippen LogP contribution in [-0.2, 0) is 0 Å². The van der Waals surface area contributed by atoms with Crippen molar-refractivity contribution in [3.63, 3.8) is 0 Å². The van der Waals surface area contributed by atoms with Gasteiger partial charge >= 0.3 is 0 Å². The molecule has 0 saturated carbocycles. The number of likely N-dealkylation sites (N-methyl/N-ethyl adjacent to an activating group) is 2. The molecule has 0 bridgehead atoms. The summed E-state index contributed by atoms with van der Waals surface area (Å²) in [5, 5.41) is 0. The van der Waals surface area contributed by atoms with E-state index in [1.54, 1.807) is 0 Å². The Kier molecular flexibility index (Phi) is 4.12. The van der Waals surface area contributed by atoms with Gasteiger partial charge in [-0.1, -0.05) is 0 Å². The molecule has 1 saturated heterocycles. The number of hydrogen-bond acceptors (Lipinski definition) is 5. The van der Waals surface area contributed by atoms with E-state index in [4.69, 9.17) is 9.47 Å². The Labute approximate surface area is 125 Å². The predicted molar refractivity (Wildman–Crippen MR) is 80.3 cm³/mol. The van der Waals surface area contributed by atoms with Crippen molar-refractivity contribution < 1.29 is 14.3 Å². The molecule has 114 valence electrons. The van der Waals surface area contributed by atoms with Crippen molar-refractivity contribution in [1.29, 1.82) is 0 Å². The number of ketones is 1. The topological polar surface area (TPSA) is 42.0 Å². The van der Waals surface area contributed by atoms with E-state index in [1.807, 2.05) is 25.2 Å². The standard InChI is InChI=1S/C16H22N2O3/c1-17-6-7-18(2)13(11-17)16(19)12-4-5-14-15(10-12)21-9-3-8-20-14/h4-5,10,13H,3,6-9,11H2,1-2H3. The largest absolute Gasteiger partial charge is 0.490 e. The highest BCUT2D eigenvalue weighted by Crippen LogP contribution is 2.31. The van der Waals surface area contributed by atoms with Gasteiger partial charge in [-0.25, -0.2) is 0 Å². The van der Waals surface area contributed by atoms with Gasteiger partial charge in [0.05, 0.1) is 19.3 Å². The second-order valence-corrected chi connectivity index (χ2v) is 5.83. The summed E-state index contributed by atoms with van der Waals surface area (Å²) in [5.74, 6) is 1.57.